The van der Waals surface area contributed by atoms with E-state index < -0.39 is 0 Å². The fraction of sp³-hybridized carbons (Fsp3) is 0.533. The Hall–Kier alpha value is -0.760. The minimum absolute atomic E-state index is 0.265. The second kappa shape index (κ2) is 4.85. The first-order valence-electron chi connectivity index (χ1n) is 6.65. The maximum Gasteiger partial charge on any atom is 0.0782 e. The quantitative estimate of drug-likeness (QED) is 0.766. The molecule has 1 saturated carbocycles. The van der Waals surface area contributed by atoms with Gasteiger partial charge >= 0.3 is 0 Å². The van der Waals surface area contributed by atoms with Gasteiger partial charge in [-0.3, -0.25) is 4.99 Å². The van der Waals surface area contributed by atoms with Crippen LogP contribution < -0.4 is 0 Å². The van der Waals surface area contributed by atoms with Gasteiger partial charge < -0.3 is 0 Å². The van der Waals surface area contributed by atoms with E-state index in [0.29, 0.717) is 0 Å². The lowest BCUT2D eigenvalue weighted by molar-refractivity contribution is 0.384. The molecule has 1 aliphatic carbocycles. The van der Waals surface area contributed by atoms with Gasteiger partial charge in [0.2, 0.25) is 0 Å². The van der Waals surface area contributed by atoms with Crippen LogP contribution in [0.3, 0.4) is 0 Å². The van der Waals surface area contributed by atoms with E-state index >= 15 is 0 Å². The SMILES string of the molecule is c1ccc(C2(C3=NCCS3)CCCCC2)cc1. The number of hydrogen-bond donors (Lipinski definition) is 0. The second-order valence-electron chi connectivity index (χ2n) is 5.04. The van der Waals surface area contributed by atoms with Gasteiger partial charge in [0.15, 0.2) is 0 Å². The summed E-state index contributed by atoms with van der Waals surface area (Å²) >= 11 is 1.99. The van der Waals surface area contributed by atoms with Crippen LogP contribution in [0.5, 0.6) is 0 Å². The molecule has 2 heteroatoms. The Balaban J connectivity index is 2.01. The molecular formula is C15H19NS. The van der Waals surface area contributed by atoms with Gasteiger partial charge in [-0.1, -0.05) is 49.6 Å². The van der Waals surface area contributed by atoms with Gasteiger partial charge in [-0.05, 0) is 18.4 Å². The summed E-state index contributed by atoms with van der Waals surface area (Å²) in [6, 6.07) is 11.1. The summed E-state index contributed by atoms with van der Waals surface area (Å²) in [7, 11) is 0. The number of thioether (sulfide) groups is 1. The molecule has 0 radical (unpaired) electrons. The van der Waals surface area contributed by atoms with Crippen LogP contribution in [0.2, 0.25) is 0 Å². The highest BCUT2D eigenvalue weighted by Crippen LogP contribution is 2.44. The average molecular weight is 245 g/mol. The summed E-state index contributed by atoms with van der Waals surface area (Å²) in [6.45, 7) is 1.02. The monoisotopic (exact) mass is 245 g/mol. The molecule has 0 bridgehead atoms. The van der Waals surface area contributed by atoms with Crippen LogP contribution >= 0.6 is 11.8 Å². The molecule has 0 saturated heterocycles. The summed E-state index contributed by atoms with van der Waals surface area (Å²) in [5, 5.41) is 1.42. The number of rotatable bonds is 2. The zero-order valence-corrected chi connectivity index (χ0v) is 11.0. The second-order valence-corrected chi connectivity index (χ2v) is 6.13. The van der Waals surface area contributed by atoms with Crippen LogP contribution in [0.15, 0.2) is 35.3 Å². The Labute approximate surface area is 108 Å². The zero-order chi connectivity index (χ0) is 11.6. The van der Waals surface area contributed by atoms with E-state index in [1.807, 2.05) is 11.8 Å². The molecule has 1 aromatic rings. The first-order valence-corrected chi connectivity index (χ1v) is 7.64. The molecule has 0 N–H and O–H groups in total. The molecule has 3 rings (SSSR count). The number of benzene rings is 1. The molecule has 0 spiro atoms. The van der Waals surface area contributed by atoms with Crippen molar-refractivity contribution in [2.45, 2.75) is 37.5 Å². The Morgan fingerprint density at radius 1 is 1.00 bits per heavy atom. The molecule has 0 unspecified atom stereocenters. The molecule has 1 aliphatic heterocycles. The van der Waals surface area contributed by atoms with Crippen LogP contribution in [0.4, 0.5) is 0 Å². The molecule has 1 heterocycles. The minimum Gasteiger partial charge on any atom is -0.281 e. The Morgan fingerprint density at radius 3 is 2.41 bits per heavy atom. The van der Waals surface area contributed by atoms with E-state index in [1.165, 1.54) is 48.5 Å². The summed E-state index contributed by atoms with van der Waals surface area (Å²) in [5.74, 6) is 1.18. The predicted molar refractivity (Wildman–Crippen MR) is 76.0 cm³/mol. The summed E-state index contributed by atoms with van der Waals surface area (Å²) in [5.41, 5.74) is 1.76. The summed E-state index contributed by atoms with van der Waals surface area (Å²) in [4.78, 5) is 4.79. The first kappa shape index (κ1) is 11.3. The van der Waals surface area contributed by atoms with Crippen molar-refractivity contribution in [3.05, 3.63) is 35.9 Å². The van der Waals surface area contributed by atoms with E-state index in [1.54, 1.807) is 0 Å². The smallest absolute Gasteiger partial charge is 0.0782 e. The number of hydrogen-bond acceptors (Lipinski definition) is 2. The van der Waals surface area contributed by atoms with Gasteiger partial charge in [0.05, 0.1) is 5.04 Å². The van der Waals surface area contributed by atoms with E-state index in [0.717, 1.165) is 6.54 Å². The van der Waals surface area contributed by atoms with Crippen molar-refractivity contribution in [1.29, 1.82) is 0 Å². The van der Waals surface area contributed by atoms with Crippen molar-refractivity contribution in [1.82, 2.24) is 0 Å². The third-order valence-corrected chi connectivity index (χ3v) is 5.21. The minimum atomic E-state index is 0.265. The molecule has 1 fully saturated rings. The fourth-order valence-electron chi connectivity index (χ4n) is 3.16. The van der Waals surface area contributed by atoms with Gasteiger partial charge in [-0.2, -0.15) is 0 Å². The van der Waals surface area contributed by atoms with Crippen LogP contribution in [0.1, 0.15) is 37.7 Å². The molecule has 17 heavy (non-hydrogen) atoms. The highest BCUT2D eigenvalue weighted by atomic mass is 32.2. The Kier molecular flexibility index (Phi) is 3.24. The lowest BCUT2D eigenvalue weighted by Crippen LogP contribution is -2.35. The van der Waals surface area contributed by atoms with E-state index in [9.17, 15) is 0 Å². The topological polar surface area (TPSA) is 12.4 Å². The molecule has 1 nitrogen and oxygen atoms in total. The Bertz CT molecular complexity index is 404. The highest BCUT2D eigenvalue weighted by molar-refractivity contribution is 8.14. The lowest BCUT2D eigenvalue weighted by Gasteiger charge is -2.37. The van der Waals surface area contributed by atoms with Crippen molar-refractivity contribution in [3.8, 4) is 0 Å². The summed E-state index contributed by atoms with van der Waals surface area (Å²) < 4.78 is 0. The lowest BCUT2D eigenvalue weighted by atomic mass is 9.70. The van der Waals surface area contributed by atoms with Crippen LogP contribution in [0.25, 0.3) is 0 Å². The van der Waals surface area contributed by atoms with Gasteiger partial charge in [0.25, 0.3) is 0 Å². The first-order chi connectivity index (χ1) is 8.42. The van der Waals surface area contributed by atoms with Crippen molar-refractivity contribution in [3.63, 3.8) is 0 Å². The largest absolute Gasteiger partial charge is 0.281 e. The van der Waals surface area contributed by atoms with E-state index in [4.69, 9.17) is 4.99 Å². The third kappa shape index (κ3) is 2.03. The maximum absolute atomic E-state index is 4.79. The average Bonchev–Trinajstić information content (AvgIpc) is 2.95. The zero-order valence-electron chi connectivity index (χ0n) is 10.2. The van der Waals surface area contributed by atoms with Crippen molar-refractivity contribution < 1.29 is 0 Å². The predicted octanol–water partition coefficient (Wildman–Crippen LogP) is 4.03. The standard InChI is InChI=1S/C15H19NS/c1-3-7-13(8-4-1)15(9-5-2-6-10-15)14-16-11-12-17-14/h1,3-4,7-8H,2,5-6,9-12H2. The number of aliphatic imine (C=N–C) groups is 1. The van der Waals surface area contributed by atoms with Gasteiger partial charge in [-0.15, -0.1) is 11.8 Å². The maximum atomic E-state index is 4.79. The summed E-state index contributed by atoms with van der Waals surface area (Å²) in [6.07, 6.45) is 6.70. The molecule has 0 atom stereocenters. The highest BCUT2D eigenvalue weighted by Gasteiger charge is 2.39. The van der Waals surface area contributed by atoms with Gasteiger partial charge in [-0.25, -0.2) is 0 Å². The fourth-order valence-corrected chi connectivity index (χ4v) is 4.32. The van der Waals surface area contributed by atoms with E-state index in [-0.39, 0.29) is 5.41 Å². The van der Waals surface area contributed by atoms with Crippen LogP contribution in [-0.2, 0) is 5.41 Å². The normalized spacial score (nSPS) is 23.4. The number of nitrogens with zero attached hydrogens (tertiary/aromatic N) is 1. The molecule has 0 amide bonds. The van der Waals surface area contributed by atoms with Crippen LogP contribution in [-0.4, -0.2) is 17.3 Å². The van der Waals surface area contributed by atoms with Gasteiger partial charge in [0, 0.05) is 17.7 Å². The molecule has 0 aromatic heterocycles. The molecule has 1 aromatic carbocycles. The molecular weight excluding hydrogens is 226 g/mol. The van der Waals surface area contributed by atoms with Crippen molar-refractivity contribution >= 4 is 16.8 Å². The van der Waals surface area contributed by atoms with Crippen LogP contribution in [0, 0.1) is 0 Å². The van der Waals surface area contributed by atoms with Crippen molar-refractivity contribution in [2.75, 3.05) is 12.3 Å². The third-order valence-electron chi connectivity index (χ3n) is 4.03. The molecule has 2 aliphatic rings. The Morgan fingerprint density at radius 2 is 1.76 bits per heavy atom. The molecule has 90 valence electrons. The van der Waals surface area contributed by atoms with Crippen molar-refractivity contribution in [2.24, 2.45) is 4.99 Å². The van der Waals surface area contributed by atoms with Gasteiger partial charge in [0.1, 0.15) is 0 Å². The van der Waals surface area contributed by atoms with E-state index in [2.05, 4.69) is 30.3 Å².